The van der Waals surface area contributed by atoms with Crippen molar-refractivity contribution >= 4 is 52.5 Å². The number of benzene rings is 2. The molecular weight excluding hydrogens is 453 g/mol. The lowest BCUT2D eigenvalue weighted by molar-refractivity contribution is -0.135. The van der Waals surface area contributed by atoms with Gasteiger partial charge >= 0.3 is 0 Å². The molecule has 0 saturated carbocycles. The summed E-state index contributed by atoms with van der Waals surface area (Å²) < 4.78 is 13.4. The first kappa shape index (κ1) is 22.6. The van der Waals surface area contributed by atoms with Crippen molar-refractivity contribution in [3.05, 3.63) is 53.3 Å². The summed E-state index contributed by atoms with van der Waals surface area (Å²) in [5.74, 6) is -1.66. The van der Waals surface area contributed by atoms with Gasteiger partial charge in [0.15, 0.2) is 5.25 Å². The number of hydrogen-bond donors (Lipinski definition) is 1. The van der Waals surface area contributed by atoms with Crippen LogP contribution in [0.4, 0.5) is 15.8 Å². The van der Waals surface area contributed by atoms with Crippen LogP contribution in [0.5, 0.6) is 0 Å². The fourth-order valence-electron chi connectivity index (χ4n) is 3.91. The van der Waals surface area contributed by atoms with E-state index in [2.05, 4.69) is 5.32 Å². The summed E-state index contributed by atoms with van der Waals surface area (Å²) in [5.41, 5.74) is 0.917. The first-order valence-corrected chi connectivity index (χ1v) is 11.8. The summed E-state index contributed by atoms with van der Waals surface area (Å²) in [7, 11) is 0. The Morgan fingerprint density at radius 2 is 1.81 bits per heavy atom. The van der Waals surface area contributed by atoms with Gasteiger partial charge in [-0.05, 0) is 43.2 Å². The third-order valence-corrected chi connectivity index (χ3v) is 7.07. The van der Waals surface area contributed by atoms with Crippen LogP contribution in [0.3, 0.4) is 0 Å². The van der Waals surface area contributed by atoms with Gasteiger partial charge in [0.1, 0.15) is 12.4 Å². The van der Waals surface area contributed by atoms with E-state index in [1.54, 1.807) is 17.0 Å². The molecule has 0 bridgehead atoms. The summed E-state index contributed by atoms with van der Waals surface area (Å²) in [5, 5.41) is 1.61. The Hall–Kier alpha value is -2.58. The lowest BCUT2D eigenvalue weighted by atomic mass is 10.2. The van der Waals surface area contributed by atoms with Gasteiger partial charge in [0, 0.05) is 23.7 Å². The van der Waals surface area contributed by atoms with Crippen molar-refractivity contribution < 1.29 is 18.8 Å². The molecule has 0 spiro atoms. The first-order valence-electron chi connectivity index (χ1n) is 10.5. The predicted molar refractivity (Wildman–Crippen MR) is 124 cm³/mol. The highest BCUT2D eigenvalue weighted by Crippen LogP contribution is 2.40. The molecule has 0 aliphatic carbocycles. The summed E-state index contributed by atoms with van der Waals surface area (Å²) in [6, 6.07) is 11.1. The second-order valence-electron chi connectivity index (χ2n) is 7.81. The first-order chi connectivity index (χ1) is 15.4. The normalized spacial score (nSPS) is 18.7. The van der Waals surface area contributed by atoms with Gasteiger partial charge in [-0.2, -0.15) is 0 Å². The number of anilines is 2. The molecule has 168 valence electrons. The van der Waals surface area contributed by atoms with E-state index in [0.29, 0.717) is 24.5 Å². The molecule has 0 radical (unpaired) electrons. The number of likely N-dealkylation sites (tertiary alicyclic amines) is 1. The molecule has 2 aliphatic heterocycles. The Bertz CT molecular complexity index is 1040. The summed E-state index contributed by atoms with van der Waals surface area (Å²) in [6.45, 7) is 1.03. The highest BCUT2D eigenvalue weighted by molar-refractivity contribution is 8.01. The molecule has 2 aliphatic rings. The smallest absolute Gasteiger partial charge is 0.250 e. The largest absolute Gasteiger partial charge is 0.341 e. The maximum Gasteiger partial charge on any atom is 0.250 e. The maximum atomic E-state index is 13.4. The summed E-state index contributed by atoms with van der Waals surface area (Å²) in [4.78, 5) is 43.2. The zero-order chi connectivity index (χ0) is 22.7. The molecule has 32 heavy (non-hydrogen) atoms. The fraction of sp³-hybridized carbons (Fsp3) is 0.348. The highest BCUT2D eigenvalue weighted by atomic mass is 35.5. The predicted octanol–water partition coefficient (Wildman–Crippen LogP) is 4.33. The number of halogens is 2. The summed E-state index contributed by atoms with van der Waals surface area (Å²) in [6.07, 6.45) is 4.02. The van der Waals surface area contributed by atoms with E-state index < -0.39 is 22.9 Å². The molecule has 9 heteroatoms. The van der Waals surface area contributed by atoms with Crippen LogP contribution in [0.25, 0.3) is 0 Å². The number of rotatable bonds is 4. The van der Waals surface area contributed by atoms with Crippen LogP contribution in [0.15, 0.2) is 47.4 Å². The van der Waals surface area contributed by atoms with Crippen LogP contribution in [0, 0.1) is 5.82 Å². The Kier molecular flexibility index (Phi) is 7.01. The van der Waals surface area contributed by atoms with Crippen LogP contribution < -0.4 is 10.2 Å². The minimum absolute atomic E-state index is 0.110. The van der Waals surface area contributed by atoms with Gasteiger partial charge in [-0.1, -0.05) is 36.6 Å². The van der Waals surface area contributed by atoms with Crippen molar-refractivity contribution in [1.82, 2.24) is 4.90 Å². The molecule has 1 fully saturated rings. The van der Waals surface area contributed by atoms with Crippen LogP contribution in [0.1, 0.15) is 25.7 Å². The Labute approximate surface area is 195 Å². The number of nitrogens with zero attached hydrogens (tertiary/aromatic N) is 2. The molecule has 2 heterocycles. The van der Waals surface area contributed by atoms with Crippen molar-refractivity contribution in [1.29, 1.82) is 0 Å². The number of nitrogens with one attached hydrogen (secondary N) is 1. The fourth-order valence-corrected chi connectivity index (χ4v) is 5.28. The number of para-hydroxylation sites is 1. The lowest BCUT2D eigenvalue weighted by Gasteiger charge is -2.34. The Morgan fingerprint density at radius 1 is 1.09 bits per heavy atom. The molecule has 6 nitrogen and oxygen atoms in total. The quantitative estimate of drug-likeness (QED) is 0.668. The Balaban J connectivity index is 1.54. The van der Waals surface area contributed by atoms with Gasteiger partial charge < -0.3 is 15.1 Å². The Morgan fingerprint density at radius 3 is 2.53 bits per heavy atom. The highest BCUT2D eigenvalue weighted by Gasteiger charge is 2.40. The molecule has 1 saturated heterocycles. The van der Waals surface area contributed by atoms with E-state index in [1.807, 2.05) is 12.1 Å². The summed E-state index contributed by atoms with van der Waals surface area (Å²) >= 11 is 7.02. The van der Waals surface area contributed by atoms with E-state index in [-0.39, 0.29) is 17.5 Å². The van der Waals surface area contributed by atoms with Crippen molar-refractivity contribution in [3.63, 3.8) is 0 Å². The van der Waals surface area contributed by atoms with Crippen molar-refractivity contribution in [2.75, 3.05) is 29.9 Å². The average Bonchev–Trinajstić information content (AvgIpc) is 3.07. The molecule has 0 unspecified atom stereocenters. The van der Waals surface area contributed by atoms with Gasteiger partial charge in [-0.25, -0.2) is 4.39 Å². The van der Waals surface area contributed by atoms with Gasteiger partial charge in [0.2, 0.25) is 11.8 Å². The molecule has 3 amide bonds. The third kappa shape index (κ3) is 4.91. The molecule has 1 N–H and O–H groups in total. The van der Waals surface area contributed by atoms with Crippen LogP contribution in [0.2, 0.25) is 5.02 Å². The number of thioether (sulfide) groups is 1. The topological polar surface area (TPSA) is 69.7 Å². The standard InChI is InChI=1S/C23H23ClFN3O3S/c24-16-13-15(9-10-17(16)25)26-20(29)14-28-18-7-3-4-8-19(18)32-21(23(28)31)22(30)27-11-5-1-2-6-12-27/h3-4,7-10,13,21H,1-2,5-6,11-12,14H2,(H,26,29)/t21-/m0/s1. The monoisotopic (exact) mass is 475 g/mol. The number of fused-ring (bicyclic) bond motifs is 1. The molecule has 0 aromatic heterocycles. The lowest BCUT2D eigenvalue weighted by Crippen LogP contribution is -2.51. The van der Waals surface area contributed by atoms with Crippen LogP contribution in [-0.4, -0.2) is 47.5 Å². The van der Waals surface area contributed by atoms with Crippen molar-refractivity contribution in [2.45, 2.75) is 35.8 Å². The minimum atomic E-state index is -0.920. The second kappa shape index (κ2) is 9.92. The SMILES string of the molecule is O=C(CN1C(=O)[C@H](C(=O)N2CCCCCC2)Sc2ccccc21)Nc1ccc(F)c(Cl)c1. The van der Waals surface area contributed by atoms with Crippen LogP contribution >= 0.6 is 23.4 Å². The van der Waals surface area contributed by atoms with Gasteiger partial charge in [0.05, 0.1) is 10.7 Å². The van der Waals surface area contributed by atoms with Crippen molar-refractivity contribution in [3.8, 4) is 0 Å². The molecular formula is C23H23ClFN3O3S. The molecule has 4 rings (SSSR count). The van der Waals surface area contributed by atoms with E-state index in [0.717, 1.165) is 36.6 Å². The number of amides is 3. The zero-order valence-electron chi connectivity index (χ0n) is 17.4. The molecule has 2 aromatic carbocycles. The van der Waals surface area contributed by atoms with Gasteiger partial charge in [-0.15, -0.1) is 11.8 Å². The zero-order valence-corrected chi connectivity index (χ0v) is 18.9. The van der Waals surface area contributed by atoms with E-state index in [1.165, 1.54) is 28.8 Å². The van der Waals surface area contributed by atoms with Gasteiger partial charge in [0.25, 0.3) is 5.91 Å². The number of carbonyl (C=O) groups is 3. The van der Waals surface area contributed by atoms with Gasteiger partial charge in [-0.3, -0.25) is 14.4 Å². The number of hydrogen-bond acceptors (Lipinski definition) is 4. The maximum absolute atomic E-state index is 13.4. The average molecular weight is 476 g/mol. The second-order valence-corrected chi connectivity index (χ2v) is 9.36. The minimum Gasteiger partial charge on any atom is -0.341 e. The van der Waals surface area contributed by atoms with E-state index in [9.17, 15) is 18.8 Å². The molecule has 1 atom stereocenters. The van der Waals surface area contributed by atoms with E-state index in [4.69, 9.17) is 11.6 Å². The van der Waals surface area contributed by atoms with Crippen molar-refractivity contribution in [2.24, 2.45) is 0 Å². The van der Waals surface area contributed by atoms with E-state index >= 15 is 0 Å². The van der Waals surface area contributed by atoms with Crippen LogP contribution in [-0.2, 0) is 14.4 Å². The third-order valence-electron chi connectivity index (χ3n) is 5.54. The molecule has 2 aromatic rings. The number of carbonyl (C=O) groups excluding carboxylic acids is 3.